The van der Waals surface area contributed by atoms with Crippen molar-refractivity contribution in [2.75, 3.05) is 26.7 Å². The maximum Gasteiger partial charge on any atom is 0.127 e. The third-order valence-electron chi connectivity index (χ3n) is 4.26. The molecular formula is C16H25FN2. The summed E-state index contributed by atoms with van der Waals surface area (Å²) < 4.78 is 13.6. The molecular weight excluding hydrogens is 239 g/mol. The van der Waals surface area contributed by atoms with Gasteiger partial charge in [-0.05, 0) is 51.4 Å². The van der Waals surface area contributed by atoms with Crippen molar-refractivity contribution in [3.8, 4) is 0 Å². The third kappa shape index (κ3) is 4.02. The van der Waals surface area contributed by atoms with E-state index in [-0.39, 0.29) is 5.82 Å². The topological polar surface area (TPSA) is 15.3 Å². The van der Waals surface area contributed by atoms with Gasteiger partial charge in [-0.2, -0.15) is 0 Å². The summed E-state index contributed by atoms with van der Waals surface area (Å²) in [5.41, 5.74) is 2.24. The van der Waals surface area contributed by atoms with Crippen LogP contribution in [0.5, 0.6) is 0 Å². The number of nitrogens with one attached hydrogen (secondary N) is 1. The molecule has 1 aromatic rings. The van der Waals surface area contributed by atoms with Gasteiger partial charge in [0, 0.05) is 18.7 Å². The van der Waals surface area contributed by atoms with Crippen LogP contribution in [0, 0.1) is 18.2 Å². The lowest BCUT2D eigenvalue weighted by Gasteiger charge is -2.38. The van der Waals surface area contributed by atoms with E-state index < -0.39 is 0 Å². The monoisotopic (exact) mass is 264 g/mol. The summed E-state index contributed by atoms with van der Waals surface area (Å²) in [6, 6.07) is 5.31. The van der Waals surface area contributed by atoms with Crippen LogP contribution in [-0.2, 0) is 6.54 Å². The molecule has 1 aliphatic heterocycles. The highest BCUT2D eigenvalue weighted by Gasteiger charge is 2.28. The maximum atomic E-state index is 13.6. The van der Waals surface area contributed by atoms with E-state index in [1.165, 1.54) is 12.8 Å². The normalized spacial score (nSPS) is 19.6. The number of rotatable bonds is 4. The molecule has 0 atom stereocenters. The Morgan fingerprint density at radius 3 is 2.68 bits per heavy atom. The fourth-order valence-electron chi connectivity index (χ4n) is 2.67. The molecule has 0 amide bonds. The molecule has 1 heterocycles. The van der Waals surface area contributed by atoms with Gasteiger partial charge in [-0.1, -0.05) is 24.6 Å². The molecule has 2 nitrogen and oxygen atoms in total. The molecule has 0 aliphatic carbocycles. The molecule has 2 rings (SSSR count). The van der Waals surface area contributed by atoms with Crippen LogP contribution >= 0.6 is 0 Å². The number of benzene rings is 1. The van der Waals surface area contributed by atoms with Gasteiger partial charge in [-0.15, -0.1) is 0 Å². The molecule has 0 unspecified atom stereocenters. The van der Waals surface area contributed by atoms with E-state index in [0.29, 0.717) is 12.0 Å². The van der Waals surface area contributed by atoms with Gasteiger partial charge < -0.3 is 10.2 Å². The first kappa shape index (κ1) is 14.5. The van der Waals surface area contributed by atoms with Gasteiger partial charge in [0.15, 0.2) is 0 Å². The summed E-state index contributed by atoms with van der Waals surface area (Å²) in [4.78, 5) is 2.38. The lowest BCUT2D eigenvalue weighted by atomic mass is 9.80. The van der Waals surface area contributed by atoms with Gasteiger partial charge in [-0.3, -0.25) is 0 Å². The third-order valence-corrected chi connectivity index (χ3v) is 4.26. The van der Waals surface area contributed by atoms with Crippen LogP contribution in [0.4, 0.5) is 4.39 Å². The molecule has 1 saturated heterocycles. The van der Waals surface area contributed by atoms with Crippen molar-refractivity contribution in [1.82, 2.24) is 10.2 Å². The quantitative estimate of drug-likeness (QED) is 0.899. The Bertz CT molecular complexity index is 423. The van der Waals surface area contributed by atoms with E-state index in [1.807, 2.05) is 19.1 Å². The highest BCUT2D eigenvalue weighted by Crippen LogP contribution is 2.29. The van der Waals surface area contributed by atoms with Crippen molar-refractivity contribution in [2.24, 2.45) is 5.41 Å². The lowest BCUT2D eigenvalue weighted by Crippen LogP contribution is -2.41. The summed E-state index contributed by atoms with van der Waals surface area (Å²) in [7, 11) is 2.18. The predicted octanol–water partition coefficient (Wildman–Crippen LogP) is 2.96. The van der Waals surface area contributed by atoms with Gasteiger partial charge in [-0.25, -0.2) is 4.39 Å². The zero-order valence-electron chi connectivity index (χ0n) is 12.3. The molecule has 0 aromatic heterocycles. The van der Waals surface area contributed by atoms with E-state index in [2.05, 4.69) is 24.2 Å². The Labute approximate surface area is 116 Å². The number of hydrogen-bond donors (Lipinski definition) is 1. The van der Waals surface area contributed by atoms with Crippen LogP contribution < -0.4 is 5.32 Å². The van der Waals surface area contributed by atoms with Gasteiger partial charge in [0.2, 0.25) is 0 Å². The van der Waals surface area contributed by atoms with Crippen molar-refractivity contribution in [3.05, 3.63) is 35.1 Å². The molecule has 106 valence electrons. The van der Waals surface area contributed by atoms with Crippen molar-refractivity contribution in [3.63, 3.8) is 0 Å². The van der Waals surface area contributed by atoms with E-state index in [9.17, 15) is 4.39 Å². The van der Waals surface area contributed by atoms with E-state index in [4.69, 9.17) is 0 Å². The fraction of sp³-hybridized carbons (Fsp3) is 0.625. The van der Waals surface area contributed by atoms with Crippen molar-refractivity contribution in [1.29, 1.82) is 0 Å². The van der Waals surface area contributed by atoms with Crippen LogP contribution in [0.3, 0.4) is 0 Å². The number of nitrogens with zero attached hydrogens (tertiary/aromatic N) is 1. The lowest BCUT2D eigenvalue weighted by molar-refractivity contribution is 0.136. The molecule has 0 bridgehead atoms. The SMILES string of the molecule is Cc1ccc(F)c(CNCC2(C)CCN(C)CC2)c1. The van der Waals surface area contributed by atoms with E-state index in [0.717, 1.165) is 30.8 Å². The summed E-state index contributed by atoms with van der Waals surface area (Å²) in [5.74, 6) is -0.105. The van der Waals surface area contributed by atoms with Crippen LogP contribution in [0.15, 0.2) is 18.2 Å². The van der Waals surface area contributed by atoms with Gasteiger partial charge in [0.05, 0.1) is 0 Å². The first-order chi connectivity index (χ1) is 8.98. The molecule has 3 heteroatoms. The van der Waals surface area contributed by atoms with Crippen LogP contribution in [0.25, 0.3) is 0 Å². The van der Waals surface area contributed by atoms with Crippen LogP contribution in [0.2, 0.25) is 0 Å². The molecule has 0 saturated carbocycles. The Morgan fingerprint density at radius 2 is 2.00 bits per heavy atom. The second-order valence-electron chi connectivity index (χ2n) is 6.31. The molecule has 0 radical (unpaired) electrons. The first-order valence-electron chi connectivity index (χ1n) is 7.13. The minimum atomic E-state index is -0.105. The summed E-state index contributed by atoms with van der Waals surface area (Å²) in [6.45, 7) is 8.25. The second kappa shape index (κ2) is 6.02. The number of hydrogen-bond acceptors (Lipinski definition) is 2. The molecule has 0 spiro atoms. The zero-order chi connectivity index (χ0) is 13.9. The van der Waals surface area contributed by atoms with E-state index >= 15 is 0 Å². The molecule has 1 aromatic carbocycles. The zero-order valence-corrected chi connectivity index (χ0v) is 12.3. The van der Waals surface area contributed by atoms with Crippen molar-refractivity contribution >= 4 is 0 Å². The van der Waals surface area contributed by atoms with Crippen molar-refractivity contribution < 1.29 is 4.39 Å². The molecule has 19 heavy (non-hydrogen) atoms. The Balaban J connectivity index is 1.84. The highest BCUT2D eigenvalue weighted by atomic mass is 19.1. The standard InChI is InChI=1S/C16H25FN2/c1-13-4-5-15(17)14(10-13)11-18-12-16(2)6-8-19(3)9-7-16/h4-5,10,18H,6-9,11-12H2,1-3H3. The summed E-state index contributed by atoms with van der Waals surface area (Å²) >= 11 is 0. The molecule has 1 aliphatic rings. The number of aryl methyl sites for hydroxylation is 1. The first-order valence-corrected chi connectivity index (χ1v) is 7.13. The maximum absolute atomic E-state index is 13.6. The summed E-state index contributed by atoms with van der Waals surface area (Å²) in [5, 5.41) is 3.44. The van der Waals surface area contributed by atoms with Crippen LogP contribution in [0.1, 0.15) is 30.9 Å². The average molecular weight is 264 g/mol. The smallest absolute Gasteiger partial charge is 0.127 e. The van der Waals surface area contributed by atoms with Gasteiger partial charge in [0.1, 0.15) is 5.82 Å². The Hall–Kier alpha value is -0.930. The fourth-order valence-corrected chi connectivity index (χ4v) is 2.67. The second-order valence-corrected chi connectivity index (χ2v) is 6.31. The predicted molar refractivity (Wildman–Crippen MR) is 77.7 cm³/mol. The highest BCUT2D eigenvalue weighted by molar-refractivity contribution is 5.23. The molecule has 1 fully saturated rings. The minimum absolute atomic E-state index is 0.105. The Morgan fingerprint density at radius 1 is 1.32 bits per heavy atom. The Kier molecular flexibility index (Phi) is 4.58. The average Bonchev–Trinajstić information content (AvgIpc) is 2.38. The largest absolute Gasteiger partial charge is 0.312 e. The van der Waals surface area contributed by atoms with E-state index in [1.54, 1.807) is 6.07 Å². The number of likely N-dealkylation sites (tertiary alicyclic amines) is 1. The molecule has 1 N–H and O–H groups in total. The number of halogens is 1. The van der Waals surface area contributed by atoms with Gasteiger partial charge >= 0.3 is 0 Å². The van der Waals surface area contributed by atoms with Crippen molar-refractivity contribution in [2.45, 2.75) is 33.2 Å². The van der Waals surface area contributed by atoms with Crippen LogP contribution in [-0.4, -0.2) is 31.6 Å². The summed E-state index contributed by atoms with van der Waals surface area (Å²) in [6.07, 6.45) is 2.43. The number of piperidine rings is 1. The van der Waals surface area contributed by atoms with Gasteiger partial charge in [0.25, 0.3) is 0 Å². The minimum Gasteiger partial charge on any atom is -0.312 e.